The van der Waals surface area contributed by atoms with E-state index < -0.39 is 5.97 Å². The molecule has 2 N–H and O–H groups in total. The molecule has 1 aliphatic carbocycles. The quantitative estimate of drug-likeness (QED) is 0.733. The smallest absolute Gasteiger partial charge is 0.338 e. The molecule has 1 aromatic heterocycles. The molecule has 13 heavy (non-hydrogen) atoms. The summed E-state index contributed by atoms with van der Waals surface area (Å²) in [7, 11) is 0. The molecule has 0 bridgehead atoms. The minimum atomic E-state index is -0.943. The van der Waals surface area contributed by atoms with Gasteiger partial charge in [0.25, 0.3) is 0 Å². The van der Waals surface area contributed by atoms with Gasteiger partial charge in [-0.15, -0.1) is 0 Å². The third kappa shape index (κ3) is 2.09. The Hall–Kier alpha value is -1.29. The van der Waals surface area contributed by atoms with E-state index in [1.54, 1.807) is 6.07 Å². The molecule has 0 amide bonds. The lowest BCUT2D eigenvalue weighted by Gasteiger charge is -1.96. The molecule has 0 aromatic carbocycles. The molecule has 0 radical (unpaired) electrons. The highest BCUT2D eigenvalue weighted by Crippen LogP contribution is 2.19. The summed E-state index contributed by atoms with van der Waals surface area (Å²) in [6.07, 6.45) is 3.70. The van der Waals surface area contributed by atoms with Crippen molar-refractivity contribution in [3.63, 3.8) is 0 Å². The Morgan fingerprint density at radius 3 is 3.00 bits per heavy atom. The number of hydrogen-bond donors (Lipinski definition) is 2. The van der Waals surface area contributed by atoms with Crippen LogP contribution in [0.4, 0.5) is 0 Å². The van der Waals surface area contributed by atoms with Gasteiger partial charge >= 0.3 is 5.97 Å². The molecule has 0 saturated heterocycles. The first kappa shape index (κ1) is 8.31. The molecule has 2 rings (SSSR count). The summed E-state index contributed by atoms with van der Waals surface area (Å²) in [5, 5.41) is 11.8. The molecule has 4 heteroatoms. The molecule has 0 aliphatic heterocycles. The van der Waals surface area contributed by atoms with Gasteiger partial charge in [-0.25, -0.2) is 4.79 Å². The molecule has 1 aromatic rings. The highest BCUT2D eigenvalue weighted by atomic mass is 16.4. The maximum atomic E-state index is 10.5. The van der Waals surface area contributed by atoms with E-state index in [-0.39, 0.29) is 5.56 Å². The van der Waals surface area contributed by atoms with Crippen LogP contribution in [0.25, 0.3) is 0 Å². The fraction of sp³-hybridized carbons (Fsp3) is 0.444. The van der Waals surface area contributed by atoms with Crippen molar-refractivity contribution >= 4 is 5.97 Å². The van der Waals surface area contributed by atoms with E-state index in [1.165, 1.54) is 19.1 Å². The molecular formula is C9H11NO3. The summed E-state index contributed by atoms with van der Waals surface area (Å²) in [5.74, 6) is -0.259. The minimum absolute atomic E-state index is 0.215. The standard InChI is InChI=1S/C9H11NO3/c11-9(12)6-3-8(13-5-6)4-10-7-1-2-7/h3,5,7,10H,1-2,4H2,(H,11,12). The van der Waals surface area contributed by atoms with Crippen molar-refractivity contribution in [1.82, 2.24) is 5.32 Å². The van der Waals surface area contributed by atoms with Crippen LogP contribution in [0.1, 0.15) is 29.0 Å². The Bertz CT molecular complexity index is 314. The number of carboxylic acid groups (broad SMARTS) is 1. The second-order valence-corrected chi connectivity index (χ2v) is 3.26. The lowest BCUT2D eigenvalue weighted by atomic mass is 10.3. The van der Waals surface area contributed by atoms with E-state index in [0.29, 0.717) is 18.3 Å². The van der Waals surface area contributed by atoms with Gasteiger partial charge < -0.3 is 14.8 Å². The van der Waals surface area contributed by atoms with E-state index in [9.17, 15) is 4.79 Å². The lowest BCUT2D eigenvalue weighted by Crippen LogP contribution is -2.14. The minimum Gasteiger partial charge on any atom is -0.478 e. The monoisotopic (exact) mass is 181 g/mol. The number of carbonyl (C=O) groups is 1. The van der Waals surface area contributed by atoms with Crippen LogP contribution in [-0.2, 0) is 6.54 Å². The van der Waals surface area contributed by atoms with Crippen molar-refractivity contribution in [3.05, 3.63) is 23.7 Å². The van der Waals surface area contributed by atoms with Crippen LogP contribution in [0.15, 0.2) is 16.7 Å². The zero-order valence-electron chi connectivity index (χ0n) is 7.12. The molecule has 0 atom stereocenters. The predicted octanol–water partition coefficient (Wildman–Crippen LogP) is 1.23. The van der Waals surface area contributed by atoms with E-state index >= 15 is 0 Å². The third-order valence-corrected chi connectivity index (χ3v) is 2.04. The Balaban J connectivity index is 1.92. The highest BCUT2D eigenvalue weighted by Gasteiger charge is 2.20. The number of furan rings is 1. The van der Waals surface area contributed by atoms with Crippen LogP contribution in [-0.4, -0.2) is 17.1 Å². The van der Waals surface area contributed by atoms with Gasteiger partial charge in [0.15, 0.2) is 0 Å². The number of aromatic carboxylic acids is 1. The number of hydrogen-bond acceptors (Lipinski definition) is 3. The SMILES string of the molecule is O=C(O)c1coc(CNC2CC2)c1. The molecule has 4 nitrogen and oxygen atoms in total. The summed E-state index contributed by atoms with van der Waals surface area (Å²) < 4.78 is 5.06. The van der Waals surface area contributed by atoms with Crippen LogP contribution >= 0.6 is 0 Å². The summed E-state index contributed by atoms with van der Waals surface area (Å²) in [5.41, 5.74) is 0.215. The van der Waals surface area contributed by atoms with Crippen molar-refractivity contribution in [1.29, 1.82) is 0 Å². The van der Waals surface area contributed by atoms with Gasteiger partial charge in [0.05, 0.1) is 12.1 Å². The normalized spacial score (nSPS) is 16.0. The van der Waals surface area contributed by atoms with Gasteiger partial charge in [0.2, 0.25) is 0 Å². The van der Waals surface area contributed by atoms with Crippen LogP contribution < -0.4 is 5.32 Å². The summed E-state index contributed by atoms with van der Waals surface area (Å²) in [4.78, 5) is 10.5. The summed E-state index contributed by atoms with van der Waals surface area (Å²) in [6, 6.07) is 2.16. The topological polar surface area (TPSA) is 62.5 Å². The van der Waals surface area contributed by atoms with Crippen molar-refractivity contribution in [2.75, 3.05) is 0 Å². The first-order valence-electron chi connectivity index (χ1n) is 4.30. The predicted molar refractivity (Wildman–Crippen MR) is 45.5 cm³/mol. The molecule has 0 unspecified atom stereocenters. The Morgan fingerprint density at radius 1 is 1.69 bits per heavy atom. The first-order valence-corrected chi connectivity index (χ1v) is 4.30. The first-order chi connectivity index (χ1) is 6.25. The van der Waals surface area contributed by atoms with E-state index in [0.717, 1.165) is 0 Å². The molecular weight excluding hydrogens is 170 g/mol. The summed E-state index contributed by atoms with van der Waals surface area (Å²) in [6.45, 7) is 0.623. The maximum absolute atomic E-state index is 10.5. The Kier molecular flexibility index (Phi) is 2.06. The van der Waals surface area contributed by atoms with Crippen molar-refractivity contribution in [2.24, 2.45) is 0 Å². The molecule has 1 heterocycles. The van der Waals surface area contributed by atoms with Crippen LogP contribution in [0, 0.1) is 0 Å². The average molecular weight is 181 g/mol. The Labute approximate surface area is 75.6 Å². The summed E-state index contributed by atoms with van der Waals surface area (Å²) >= 11 is 0. The van der Waals surface area contributed by atoms with Crippen molar-refractivity contribution in [3.8, 4) is 0 Å². The van der Waals surface area contributed by atoms with Crippen LogP contribution in [0.3, 0.4) is 0 Å². The molecule has 1 aliphatic rings. The largest absolute Gasteiger partial charge is 0.478 e. The van der Waals surface area contributed by atoms with E-state index in [2.05, 4.69) is 5.32 Å². The van der Waals surface area contributed by atoms with Gasteiger partial charge in [-0.1, -0.05) is 0 Å². The molecule has 1 fully saturated rings. The molecule has 0 spiro atoms. The van der Waals surface area contributed by atoms with Crippen molar-refractivity contribution < 1.29 is 14.3 Å². The second kappa shape index (κ2) is 3.22. The van der Waals surface area contributed by atoms with E-state index in [4.69, 9.17) is 9.52 Å². The second-order valence-electron chi connectivity index (χ2n) is 3.26. The van der Waals surface area contributed by atoms with Gasteiger partial charge in [-0.05, 0) is 18.9 Å². The number of nitrogens with one attached hydrogen (secondary N) is 1. The van der Waals surface area contributed by atoms with Crippen LogP contribution in [0.2, 0.25) is 0 Å². The molecule has 1 saturated carbocycles. The maximum Gasteiger partial charge on any atom is 0.338 e. The third-order valence-electron chi connectivity index (χ3n) is 2.04. The fourth-order valence-corrected chi connectivity index (χ4v) is 1.12. The number of rotatable bonds is 4. The lowest BCUT2D eigenvalue weighted by molar-refractivity contribution is 0.0696. The van der Waals surface area contributed by atoms with Gasteiger partial charge in [0, 0.05) is 6.04 Å². The highest BCUT2D eigenvalue weighted by molar-refractivity contribution is 5.87. The average Bonchev–Trinajstić information content (AvgIpc) is 2.79. The van der Waals surface area contributed by atoms with Crippen LogP contribution in [0.5, 0.6) is 0 Å². The van der Waals surface area contributed by atoms with E-state index in [1.807, 2.05) is 0 Å². The molecule has 70 valence electrons. The van der Waals surface area contributed by atoms with Gasteiger partial charge in [-0.2, -0.15) is 0 Å². The van der Waals surface area contributed by atoms with Gasteiger partial charge in [0.1, 0.15) is 12.0 Å². The zero-order chi connectivity index (χ0) is 9.26. The van der Waals surface area contributed by atoms with Crippen molar-refractivity contribution in [2.45, 2.75) is 25.4 Å². The zero-order valence-corrected chi connectivity index (χ0v) is 7.12. The van der Waals surface area contributed by atoms with Gasteiger partial charge in [-0.3, -0.25) is 0 Å². The number of carboxylic acids is 1. The fourth-order valence-electron chi connectivity index (χ4n) is 1.12. The Morgan fingerprint density at radius 2 is 2.46 bits per heavy atom.